The van der Waals surface area contributed by atoms with Gasteiger partial charge < -0.3 is 5.32 Å². The minimum Gasteiger partial charge on any atom is -0.380 e. The van der Waals surface area contributed by atoms with E-state index in [4.69, 9.17) is 0 Å². The average molecular weight is 303 g/mol. The molecule has 112 valence electrons. The van der Waals surface area contributed by atoms with Gasteiger partial charge in [-0.3, -0.25) is 0 Å². The Morgan fingerprint density at radius 1 is 0.952 bits per heavy atom. The second-order valence-electron chi connectivity index (χ2n) is 5.48. The first-order valence-corrected chi connectivity index (χ1v) is 8.78. The summed E-state index contributed by atoms with van der Waals surface area (Å²) in [5.41, 5.74) is 5.56. The number of hydrogen-bond acceptors (Lipinski definition) is 3. The lowest BCUT2D eigenvalue weighted by Crippen LogP contribution is -2.07. The van der Waals surface area contributed by atoms with Crippen molar-refractivity contribution in [2.45, 2.75) is 32.2 Å². The van der Waals surface area contributed by atoms with Gasteiger partial charge in [0, 0.05) is 12.8 Å². The van der Waals surface area contributed by atoms with Crippen LogP contribution in [0.15, 0.2) is 41.3 Å². The number of anilines is 1. The van der Waals surface area contributed by atoms with Gasteiger partial charge in [0.1, 0.15) is 0 Å². The normalized spacial score (nSPS) is 11.4. The Morgan fingerprint density at radius 2 is 1.57 bits per heavy atom. The SMILES string of the molecule is Cc1cc(C)c(CNc2ccccc2S(C)(=O)=O)cc1C. The number of rotatable bonds is 4. The van der Waals surface area contributed by atoms with E-state index in [1.54, 1.807) is 18.2 Å². The van der Waals surface area contributed by atoms with Crippen LogP contribution in [-0.2, 0) is 16.4 Å². The molecular weight excluding hydrogens is 282 g/mol. The maximum absolute atomic E-state index is 11.8. The fourth-order valence-corrected chi connectivity index (χ4v) is 3.20. The smallest absolute Gasteiger partial charge is 0.177 e. The van der Waals surface area contributed by atoms with E-state index in [1.807, 2.05) is 6.07 Å². The molecule has 0 aliphatic heterocycles. The van der Waals surface area contributed by atoms with Crippen molar-refractivity contribution in [3.63, 3.8) is 0 Å². The third-order valence-electron chi connectivity index (χ3n) is 3.71. The molecule has 0 saturated carbocycles. The quantitative estimate of drug-likeness (QED) is 0.938. The molecule has 0 aliphatic rings. The lowest BCUT2D eigenvalue weighted by Gasteiger charge is -2.14. The van der Waals surface area contributed by atoms with E-state index in [0.717, 1.165) is 0 Å². The van der Waals surface area contributed by atoms with E-state index in [9.17, 15) is 8.42 Å². The molecule has 1 N–H and O–H groups in total. The van der Waals surface area contributed by atoms with Crippen molar-refractivity contribution in [1.29, 1.82) is 0 Å². The fraction of sp³-hybridized carbons (Fsp3) is 0.294. The number of benzene rings is 2. The van der Waals surface area contributed by atoms with Gasteiger partial charge in [0.2, 0.25) is 0 Å². The molecule has 2 rings (SSSR count). The maximum atomic E-state index is 11.8. The minimum absolute atomic E-state index is 0.339. The standard InChI is InChI=1S/C17H21NO2S/c1-12-9-14(3)15(10-13(12)2)11-18-16-7-5-6-8-17(16)21(4,19)20/h5-10,18H,11H2,1-4H3. The van der Waals surface area contributed by atoms with Crippen LogP contribution < -0.4 is 5.32 Å². The molecule has 0 fully saturated rings. The molecule has 0 radical (unpaired) electrons. The van der Waals surface area contributed by atoms with Crippen LogP contribution in [-0.4, -0.2) is 14.7 Å². The number of nitrogens with one attached hydrogen (secondary N) is 1. The molecule has 0 saturated heterocycles. The summed E-state index contributed by atoms with van der Waals surface area (Å²) >= 11 is 0. The maximum Gasteiger partial charge on any atom is 0.177 e. The summed E-state index contributed by atoms with van der Waals surface area (Å²) in [5.74, 6) is 0. The van der Waals surface area contributed by atoms with Crippen molar-refractivity contribution in [2.24, 2.45) is 0 Å². The topological polar surface area (TPSA) is 46.2 Å². The summed E-state index contributed by atoms with van der Waals surface area (Å²) in [7, 11) is -3.23. The van der Waals surface area contributed by atoms with Gasteiger partial charge in [-0.1, -0.05) is 24.3 Å². The van der Waals surface area contributed by atoms with Crippen molar-refractivity contribution in [2.75, 3.05) is 11.6 Å². The van der Waals surface area contributed by atoms with Gasteiger partial charge in [-0.15, -0.1) is 0 Å². The molecular formula is C17H21NO2S. The molecule has 0 aromatic heterocycles. The Hall–Kier alpha value is -1.81. The minimum atomic E-state index is -3.23. The van der Waals surface area contributed by atoms with Gasteiger partial charge in [-0.05, 0) is 55.2 Å². The number of hydrogen-bond donors (Lipinski definition) is 1. The first-order chi connectivity index (χ1) is 9.79. The summed E-state index contributed by atoms with van der Waals surface area (Å²) in [5, 5.41) is 3.24. The molecule has 4 heteroatoms. The van der Waals surface area contributed by atoms with E-state index >= 15 is 0 Å². The third-order valence-corrected chi connectivity index (χ3v) is 4.86. The molecule has 0 amide bonds. The van der Waals surface area contributed by atoms with Crippen LogP contribution in [0, 0.1) is 20.8 Å². The molecule has 0 heterocycles. The Bertz CT molecular complexity index is 764. The summed E-state index contributed by atoms with van der Waals surface area (Å²) in [6.45, 7) is 6.87. The predicted octanol–water partition coefficient (Wildman–Crippen LogP) is 3.63. The number of aryl methyl sites for hydroxylation is 3. The van der Waals surface area contributed by atoms with Crippen molar-refractivity contribution < 1.29 is 8.42 Å². The van der Waals surface area contributed by atoms with Gasteiger partial charge >= 0.3 is 0 Å². The van der Waals surface area contributed by atoms with Gasteiger partial charge in [-0.2, -0.15) is 0 Å². The molecule has 0 atom stereocenters. The summed E-state index contributed by atoms with van der Waals surface area (Å²) in [4.78, 5) is 0.339. The van der Waals surface area contributed by atoms with Crippen LogP contribution in [0.25, 0.3) is 0 Å². The lowest BCUT2D eigenvalue weighted by atomic mass is 10.0. The van der Waals surface area contributed by atoms with Crippen molar-refractivity contribution in [1.82, 2.24) is 0 Å². The van der Waals surface area contributed by atoms with E-state index < -0.39 is 9.84 Å². The highest BCUT2D eigenvalue weighted by atomic mass is 32.2. The molecule has 0 unspecified atom stereocenters. The van der Waals surface area contributed by atoms with Crippen molar-refractivity contribution in [3.8, 4) is 0 Å². The average Bonchev–Trinajstić information content (AvgIpc) is 2.41. The van der Waals surface area contributed by atoms with E-state index in [0.29, 0.717) is 17.1 Å². The molecule has 0 spiro atoms. The zero-order chi connectivity index (χ0) is 15.6. The molecule has 21 heavy (non-hydrogen) atoms. The van der Waals surface area contributed by atoms with Crippen LogP contribution in [0.5, 0.6) is 0 Å². The third kappa shape index (κ3) is 3.64. The van der Waals surface area contributed by atoms with Crippen LogP contribution in [0.4, 0.5) is 5.69 Å². The second-order valence-corrected chi connectivity index (χ2v) is 7.47. The molecule has 2 aromatic carbocycles. The highest BCUT2D eigenvalue weighted by molar-refractivity contribution is 7.90. The van der Waals surface area contributed by atoms with Crippen LogP contribution in [0.1, 0.15) is 22.3 Å². The molecule has 3 nitrogen and oxygen atoms in total. The zero-order valence-corrected chi connectivity index (χ0v) is 13.7. The number of para-hydroxylation sites is 1. The van der Waals surface area contributed by atoms with E-state index in [2.05, 4.69) is 38.2 Å². The molecule has 2 aromatic rings. The molecule has 0 aliphatic carbocycles. The molecule has 0 bridgehead atoms. The van der Waals surface area contributed by atoms with Gasteiger partial charge in [0.15, 0.2) is 9.84 Å². The van der Waals surface area contributed by atoms with Gasteiger partial charge in [-0.25, -0.2) is 8.42 Å². The van der Waals surface area contributed by atoms with Gasteiger partial charge in [0.05, 0.1) is 10.6 Å². The Kier molecular flexibility index (Phi) is 4.37. The zero-order valence-electron chi connectivity index (χ0n) is 12.9. The Morgan fingerprint density at radius 3 is 2.24 bits per heavy atom. The summed E-state index contributed by atoms with van der Waals surface area (Å²) in [6, 6.07) is 11.3. The van der Waals surface area contributed by atoms with Crippen LogP contribution in [0.3, 0.4) is 0 Å². The second kappa shape index (κ2) is 5.90. The first-order valence-electron chi connectivity index (χ1n) is 6.88. The first kappa shape index (κ1) is 15.6. The fourth-order valence-electron chi connectivity index (χ4n) is 2.34. The summed E-state index contributed by atoms with van der Waals surface area (Å²) in [6.07, 6.45) is 1.23. The monoisotopic (exact) mass is 303 g/mol. The van der Waals surface area contributed by atoms with Crippen LogP contribution >= 0.6 is 0 Å². The van der Waals surface area contributed by atoms with Crippen molar-refractivity contribution in [3.05, 3.63) is 58.7 Å². The van der Waals surface area contributed by atoms with Crippen molar-refractivity contribution >= 4 is 15.5 Å². The van der Waals surface area contributed by atoms with E-state index in [1.165, 1.54) is 28.5 Å². The van der Waals surface area contributed by atoms with Crippen LogP contribution in [0.2, 0.25) is 0 Å². The van der Waals surface area contributed by atoms with Gasteiger partial charge in [0.25, 0.3) is 0 Å². The predicted molar refractivity (Wildman–Crippen MR) is 87.5 cm³/mol. The van der Waals surface area contributed by atoms with E-state index in [-0.39, 0.29) is 0 Å². The highest BCUT2D eigenvalue weighted by Gasteiger charge is 2.12. The summed E-state index contributed by atoms with van der Waals surface area (Å²) < 4.78 is 23.6. The lowest BCUT2D eigenvalue weighted by molar-refractivity contribution is 0.602. The Labute approximate surface area is 126 Å². The number of sulfone groups is 1. The largest absolute Gasteiger partial charge is 0.380 e. The Balaban J connectivity index is 2.28. The highest BCUT2D eigenvalue weighted by Crippen LogP contribution is 2.22.